The van der Waals surface area contributed by atoms with Crippen molar-refractivity contribution < 1.29 is 5.11 Å². The van der Waals surface area contributed by atoms with Crippen molar-refractivity contribution in [1.82, 2.24) is 9.80 Å². The van der Waals surface area contributed by atoms with Crippen LogP contribution in [0.3, 0.4) is 0 Å². The number of hydrogen-bond acceptors (Lipinski definition) is 3. The molecule has 94 valence electrons. The maximum Gasteiger partial charge on any atom is 0.0774 e. The van der Waals surface area contributed by atoms with Crippen molar-refractivity contribution in [2.75, 3.05) is 33.7 Å². The molecule has 1 saturated heterocycles. The third kappa shape index (κ3) is 2.96. The monoisotopic (exact) mass is 226 g/mol. The molecule has 0 aromatic heterocycles. The van der Waals surface area contributed by atoms with Crippen LogP contribution in [0.4, 0.5) is 0 Å². The zero-order chi connectivity index (χ0) is 11.6. The minimum absolute atomic E-state index is 0.356. The van der Waals surface area contributed by atoms with Gasteiger partial charge in [-0.2, -0.15) is 0 Å². The molecular weight excluding hydrogens is 200 g/mol. The molecule has 1 saturated carbocycles. The lowest BCUT2D eigenvalue weighted by molar-refractivity contribution is -0.00178. The summed E-state index contributed by atoms with van der Waals surface area (Å²) < 4.78 is 0. The zero-order valence-electron chi connectivity index (χ0n) is 10.8. The van der Waals surface area contributed by atoms with Crippen molar-refractivity contribution in [2.45, 2.75) is 50.2 Å². The number of nitrogens with zero attached hydrogens (tertiary/aromatic N) is 2. The Labute approximate surface area is 99.4 Å². The quantitative estimate of drug-likeness (QED) is 0.786. The summed E-state index contributed by atoms with van der Waals surface area (Å²) in [5.74, 6) is 0. The van der Waals surface area contributed by atoms with Gasteiger partial charge in [-0.3, -0.25) is 0 Å². The van der Waals surface area contributed by atoms with Crippen LogP contribution in [0.5, 0.6) is 0 Å². The van der Waals surface area contributed by atoms with E-state index in [9.17, 15) is 5.11 Å². The molecule has 2 rings (SSSR count). The fourth-order valence-electron chi connectivity index (χ4n) is 3.20. The van der Waals surface area contributed by atoms with E-state index in [0.29, 0.717) is 0 Å². The largest absolute Gasteiger partial charge is 0.389 e. The highest BCUT2D eigenvalue weighted by molar-refractivity contribution is 4.89. The molecule has 0 aromatic carbocycles. The van der Waals surface area contributed by atoms with Crippen LogP contribution in [0.15, 0.2) is 0 Å². The Morgan fingerprint density at radius 2 is 1.75 bits per heavy atom. The molecule has 0 aromatic rings. The third-order valence-electron chi connectivity index (χ3n) is 4.34. The molecule has 16 heavy (non-hydrogen) atoms. The summed E-state index contributed by atoms with van der Waals surface area (Å²) in [5, 5.41) is 10.4. The highest BCUT2D eigenvalue weighted by Gasteiger charge is 2.34. The van der Waals surface area contributed by atoms with E-state index in [0.717, 1.165) is 38.5 Å². The van der Waals surface area contributed by atoms with E-state index < -0.39 is 0 Å². The van der Waals surface area contributed by atoms with Crippen LogP contribution in [0, 0.1) is 0 Å². The first kappa shape index (κ1) is 12.3. The summed E-state index contributed by atoms with van der Waals surface area (Å²) >= 11 is 0. The molecule has 1 aliphatic carbocycles. The number of piperidine rings is 1. The van der Waals surface area contributed by atoms with E-state index in [1.165, 1.54) is 25.7 Å². The van der Waals surface area contributed by atoms with Crippen molar-refractivity contribution in [3.05, 3.63) is 0 Å². The van der Waals surface area contributed by atoms with Crippen molar-refractivity contribution in [2.24, 2.45) is 0 Å². The Hall–Kier alpha value is -0.120. The van der Waals surface area contributed by atoms with Gasteiger partial charge in [-0.25, -0.2) is 0 Å². The Morgan fingerprint density at radius 1 is 1.19 bits per heavy atom. The average Bonchev–Trinajstić information content (AvgIpc) is 2.65. The number of β-amino-alcohol motifs (C(OH)–C–C–N with tert-alkyl or cyclic N) is 1. The molecule has 0 atom stereocenters. The molecule has 1 aliphatic heterocycles. The van der Waals surface area contributed by atoms with Gasteiger partial charge >= 0.3 is 0 Å². The Morgan fingerprint density at radius 3 is 2.25 bits per heavy atom. The minimum atomic E-state index is -0.356. The molecule has 0 radical (unpaired) electrons. The van der Waals surface area contributed by atoms with Gasteiger partial charge in [0.25, 0.3) is 0 Å². The topological polar surface area (TPSA) is 26.7 Å². The fraction of sp³-hybridized carbons (Fsp3) is 1.00. The second-order valence-corrected chi connectivity index (χ2v) is 5.90. The van der Waals surface area contributed by atoms with Gasteiger partial charge in [0, 0.05) is 12.6 Å². The van der Waals surface area contributed by atoms with Crippen molar-refractivity contribution in [3.8, 4) is 0 Å². The zero-order valence-corrected chi connectivity index (χ0v) is 10.8. The standard InChI is InChI=1S/C13H26N2O/c1-14(2)12-5-9-15(10-6-12)11-13(16)7-3-4-8-13/h12,16H,3-11H2,1-2H3. The summed E-state index contributed by atoms with van der Waals surface area (Å²) in [7, 11) is 4.34. The number of likely N-dealkylation sites (tertiary alicyclic amines) is 1. The summed E-state index contributed by atoms with van der Waals surface area (Å²) in [6.07, 6.45) is 6.96. The van der Waals surface area contributed by atoms with Crippen molar-refractivity contribution >= 4 is 0 Å². The van der Waals surface area contributed by atoms with E-state index in [2.05, 4.69) is 23.9 Å². The molecule has 1 N–H and O–H groups in total. The Kier molecular flexibility index (Phi) is 3.88. The second kappa shape index (κ2) is 5.03. The molecule has 3 nitrogen and oxygen atoms in total. The lowest BCUT2D eigenvalue weighted by atomic mass is 9.98. The summed E-state index contributed by atoms with van der Waals surface area (Å²) in [6.45, 7) is 3.23. The second-order valence-electron chi connectivity index (χ2n) is 5.90. The first-order chi connectivity index (χ1) is 7.59. The van der Waals surface area contributed by atoms with Gasteiger partial charge in [-0.15, -0.1) is 0 Å². The molecule has 0 unspecified atom stereocenters. The molecule has 0 spiro atoms. The number of hydrogen-bond donors (Lipinski definition) is 1. The lowest BCUT2D eigenvalue weighted by Gasteiger charge is -2.38. The van der Waals surface area contributed by atoms with Crippen LogP contribution in [-0.2, 0) is 0 Å². The highest BCUT2D eigenvalue weighted by atomic mass is 16.3. The molecule has 2 aliphatic rings. The fourth-order valence-corrected chi connectivity index (χ4v) is 3.20. The van der Waals surface area contributed by atoms with Crippen LogP contribution in [0.1, 0.15) is 38.5 Å². The van der Waals surface area contributed by atoms with Crippen LogP contribution < -0.4 is 0 Å². The van der Waals surface area contributed by atoms with E-state index in [1.54, 1.807) is 0 Å². The van der Waals surface area contributed by atoms with Gasteiger partial charge in [-0.1, -0.05) is 12.8 Å². The molecular formula is C13H26N2O. The smallest absolute Gasteiger partial charge is 0.0774 e. The Bertz CT molecular complexity index is 216. The molecule has 2 fully saturated rings. The molecule has 3 heteroatoms. The van der Waals surface area contributed by atoms with Gasteiger partial charge in [0.1, 0.15) is 0 Å². The van der Waals surface area contributed by atoms with Crippen LogP contribution >= 0.6 is 0 Å². The van der Waals surface area contributed by atoms with E-state index >= 15 is 0 Å². The van der Waals surface area contributed by atoms with Crippen LogP contribution in [0.2, 0.25) is 0 Å². The first-order valence-electron chi connectivity index (χ1n) is 6.70. The third-order valence-corrected chi connectivity index (χ3v) is 4.34. The van der Waals surface area contributed by atoms with Gasteiger partial charge in [0.05, 0.1) is 5.60 Å². The van der Waals surface area contributed by atoms with Crippen molar-refractivity contribution in [3.63, 3.8) is 0 Å². The normalized spacial score (nSPS) is 27.8. The molecule has 1 heterocycles. The van der Waals surface area contributed by atoms with Crippen LogP contribution in [-0.4, -0.2) is 60.3 Å². The Balaban J connectivity index is 1.76. The SMILES string of the molecule is CN(C)C1CCN(CC2(O)CCCC2)CC1. The number of rotatable bonds is 3. The van der Waals surface area contributed by atoms with Gasteiger partial charge in [0.15, 0.2) is 0 Å². The summed E-state index contributed by atoms with van der Waals surface area (Å²) in [4.78, 5) is 4.80. The minimum Gasteiger partial charge on any atom is -0.389 e. The first-order valence-corrected chi connectivity index (χ1v) is 6.70. The van der Waals surface area contributed by atoms with E-state index in [1.807, 2.05) is 0 Å². The maximum absolute atomic E-state index is 10.4. The van der Waals surface area contributed by atoms with Gasteiger partial charge < -0.3 is 14.9 Å². The predicted molar refractivity (Wildman–Crippen MR) is 66.6 cm³/mol. The predicted octanol–water partition coefficient (Wildman–Crippen LogP) is 1.32. The molecule has 0 amide bonds. The molecule has 0 bridgehead atoms. The maximum atomic E-state index is 10.4. The highest BCUT2D eigenvalue weighted by Crippen LogP contribution is 2.31. The van der Waals surface area contributed by atoms with Gasteiger partial charge in [0.2, 0.25) is 0 Å². The summed E-state index contributed by atoms with van der Waals surface area (Å²) in [5.41, 5.74) is -0.356. The van der Waals surface area contributed by atoms with Gasteiger partial charge in [-0.05, 0) is 52.9 Å². The van der Waals surface area contributed by atoms with Crippen molar-refractivity contribution in [1.29, 1.82) is 0 Å². The number of aliphatic hydroxyl groups is 1. The summed E-state index contributed by atoms with van der Waals surface area (Å²) in [6, 6.07) is 0.745. The van der Waals surface area contributed by atoms with Crippen LogP contribution in [0.25, 0.3) is 0 Å². The average molecular weight is 226 g/mol. The lowest BCUT2D eigenvalue weighted by Crippen LogP contribution is -2.47. The van der Waals surface area contributed by atoms with E-state index in [-0.39, 0.29) is 5.60 Å². The van der Waals surface area contributed by atoms with E-state index in [4.69, 9.17) is 0 Å².